The minimum Gasteiger partial charge on any atom is -0.493 e. The lowest BCUT2D eigenvalue weighted by atomic mass is 9.98. The number of aliphatic hydroxyl groups is 1. The van der Waals surface area contributed by atoms with Gasteiger partial charge in [0.25, 0.3) is 0 Å². The van der Waals surface area contributed by atoms with Crippen molar-refractivity contribution in [2.45, 2.75) is 13.0 Å². The zero-order chi connectivity index (χ0) is 13.0. The quantitative estimate of drug-likeness (QED) is 0.928. The van der Waals surface area contributed by atoms with Crippen LogP contribution in [0.4, 0.5) is 0 Å². The number of aliphatic hydroxyl groups excluding tert-OH is 1. The monoisotopic (exact) mass is 299 g/mol. The second kappa shape index (κ2) is 5.89. The summed E-state index contributed by atoms with van der Waals surface area (Å²) in [6, 6.07) is 5.39. The number of benzene rings is 1. The third-order valence-corrected chi connectivity index (χ3v) is 3.19. The van der Waals surface area contributed by atoms with Crippen LogP contribution in [0.3, 0.4) is 0 Å². The van der Waals surface area contributed by atoms with Gasteiger partial charge in [-0.25, -0.2) is 0 Å². The number of rotatable bonds is 4. The van der Waals surface area contributed by atoms with Gasteiger partial charge < -0.3 is 14.6 Å². The summed E-state index contributed by atoms with van der Waals surface area (Å²) in [4.78, 5) is 0. The largest absolute Gasteiger partial charge is 0.493 e. The fourth-order valence-electron chi connectivity index (χ4n) is 1.44. The normalized spacial score (nSPS) is 13.6. The van der Waals surface area contributed by atoms with Crippen LogP contribution in [0, 0.1) is 17.2 Å². The van der Waals surface area contributed by atoms with E-state index in [-0.39, 0.29) is 0 Å². The van der Waals surface area contributed by atoms with E-state index in [9.17, 15) is 5.11 Å². The molecule has 1 rings (SSSR count). The first-order chi connectivity index (χ1) is 8.04. The molecule has 0 aliphatic rings. The molecule has 0 aliphatic carbocycles. The van der Waals surface area contributed by atoms with Crippen molar-refractivity contribution in [3.05, 3.63) is 22.2 Å². The first kappa shape index (κ1) is 13.8. The maximum Gasteiger partial charge on any atom is 0.161 e. The second-order valence-electron chi connectivity index (χ2n) is 3.59. The molecule has 1 N–H and O–H groups in total. The Morgan fingerprint density at radius 2 is 1.82 bits per heavy atom. The Bertz CT molecular complexity index is 442. The molecule has 0 spiro atoms. The average molecular weight is 300 g/mol. The fraction of sp³-hybridized carbons (Fsp3) is 0.417. The van der Waals surface area contributed by atoms with E-state index in [1.54, 1.807) is 19.1 Å². The molecule has 1 aromatic carbocycles. The van der Waals surface area contributed by atoms with Crippen molar-refractivity contribution in [3.63, 3.8) is 0 Å². The summed E-state index contributed by atoms with van der Waals surface area (Å²) in [6.07, 6.45) is -0.866. The van der Waals surface area contributed by atoms with Crippen LogP contribution in [0.25, 0.3) is 0 Å². The molecule has 17 heavy (non-hydrogen) atoms. The van der Waals surface area contributed by atoms with Crippen molar-refractivity contribution in [2.75, 3.05) is 14.2 Å². The van der Waals surface area contributed by atoms with Crippen LogP contribution in [-0.2, 0) is 0 Å². The van der Waals surface area contributed by atoms with Crippen LogP contribution >= 0.6 is 15.9 Å². The molecule has 1 aromatic rings. The summed E-state index contributed by atoms with van der Waals surface area (Å²) in [5, 5.41) is 18.8. The number of nitrogens with zero attached hydrogens (tertiary/aromatic N) is 1. The lowest BCUT2D eigenvalue weighted by molar-refractivity contribution is 0.141. The van der Waals surface area contributed by atoms with Gasteiger partial charge >= 0.3 is 0 Å². The number of halogens is 1. The summed E-state index contributed by atoms with van der Waals surface area (Å²) in [7, 11) is 3.06. The van der Waals surface area contributed by atoms with Crippen molar-refractivity contribution in [3.8, 4) is 17.6 Å². The third kappa shape index (κ3) is 2.90. The molecule has 0 heterocycles. The molecule has 0 aromatic heterocycles. The smallest absolute Gasteiger partial charge is 0.161 e. The lowest BCUT2D eigenvalue weighted by Gasteiger charge is -2.17. The molecular formula is C12H14BrNO3. The standard InChI is InChI=1S/C12H14BrNO3/c1-7(6-14)12(15)8-4-10(16-2)11(17-3)5-9(8)13/h4-5,7,12,15H,1-3H3. The topological polar surface area (TPSA) is 62.5 Å². The van der Waals surface area contributed by atoms with Crippen LogP contribution < -0.4 is 9.47 Å². The summed E-state index contributed by atoms with van der Waals surface area (Å²) < 4.78 is 11.0. The average Bonchev–Trinajstić information content (AvgIpc) is 2.36. The van der Waals surface area contributed by atoms with Crippen LogP contribution in [-0.4, -0.2) is 19.3 Å². The zero-order valence-electron chi connectivity index (χ0n) is 9.90. The van der Waals surface area contributed by atoms with Gasteiger partial charge in [0.1, 0.15) is 0 Å². The summed E-state index contributed by atoms with van der Waals surface area (Å²) in [5.41, 5.74) is 0.608. The van der Waals surface area contributed by atoms with E-state index in [2.05, 4.69) is 15.9 Å². The summed E-state index contributed by atoms with van der Waals surface area (Å²) >= 11 is 3.34. The molecule has 2 atom stereocenters. The van der Waals surface area contributed by atoms with Crippen molar-refractivity contribution >= 4 is 15.9 Å². The van der Waals surface area contributed by atoms with Crippen molar-refractivity contribution in [1.29, 1.82) is 5.26 Å². The van der Waals surface area contributed by atoms with Gasteiger partial charge in [0, 0.05) is 4.47 Å². The van der Waals surface area contributed by atoms with E-state index in [1.165, 1.54) is 14.2 Å². The Morgan fingerprint density at radius 1 is 1.29 bits per heavy atom. The molecule has 0 fully saturated rings. The van der Waals surface area contributed by atoms with Crippen molar-refractivity contribution < 1.29 is 14.6 Å². The van der Waals surface area contributed by atoms with Gasteiger partial charge in [0.2, 0.25) is 0 Å². The number of nitriles is 1. The van der Waals surface area contributed by atoms with Gasteiger partial charge in [0.05, 0.1) is 32.3 Å². The lowest BCUT2D eigenvalue weighted by Crippen LogP contribution is -2.08. The van der Waals surface area contributed by atoms with Crippen LogP contribution in [0.2, 0.25) is 0 Å². The molecule has 4 nitrogen and oxygen atoms in total. The minimum atomic E-state index is -0.866. The van der Waals surface area contributed by atoms with Crippen LogP contribution in [0.5, 0.6) is 11.5 Å². The van der Waals surface area contributed by atoms with Gasteiger partial charge in [-0.05, 0) is 24.6 Å². The number of hydrogen-bond donors (Lipinski definition) is 1. The highest BCUT2D eigenvalue weighted by Crippen LogP contribution is 2.37. The van der Waals surface area contributed by atoms with E-state index in [1.807, 2.05) is 6.07 Å². The first-order valence-corrected chi connectivity index (χ1v) is 5.83. The van der Waals surface area contributed by atoms with Crippen molar-refractivity contribution in [2.24, 2.45) is 5.92 Å². The molecule has 0 bridgehead atoms. The molecule has 92 valence electrons. The first-order valence-electron chi connectivity index (χ1n) is 5.04. The minimum absolute atomic E-state index is 0.496. The fourth-order valence-corrected chi connectivity index (χ4v) is 1.99. The molecule has 0 saturated heterocycles. The molecule has 2 unspecified atom stereocenters. The maximum absolute atomic E-state index is 10.0. The third-order valence-electron chi connectivity index (χ3n) is 2.50. The summed E-state index contributed by atoms with van der Waals surface area (Å²) in [6.45, 7) is 1.66. The number of ether oxygens (including phenoxy) is 2. The molecule has 0 aliphatic heterocycles. The Kier molecular flexibility index (Phi) is 4.79. The molecule has 0 radical (unpaired) electrons. The summed E-state index contributed by atoms with van der Waals surface area (Å²) in [5.74, 6) is 0.597. The van der Waals surface area contributed by atoms with Gasteiger partial charge in [-0.15, -0.1) is 0 Å². The van der Waals surface area contributed by atoms with Crippen molar-refractivity contribution in [1.82, 2.24) is 0 Å². The van der Waals surface area contributed by atoms with Gasteiger partial charge in [-0.1, -0.05) is 15.9 Å². The highest BCUT2D eigenvalue weighted by Gasteiger charge is 2.21. The molecule has 0 saturated carbocycles. The van der Waals surface area contributed by atoms with Crippen LogP contribution in [0.1, 0.15) is 18.6 Å². The molecular weight excluding hydrogens is 286 g/mol. The van der Waals surface area contributed by atoms with E-state index in [4.69, 9.17) is 14.7 Å². The van der Waals surface area contributed by atoms with E-state index < -0.39 is 12.0 Å². The predicted octanol–water partition coefficient (Wildman–Crippen LogP) is 2.66. The van der Waals surface area contributed by atoms with Crippen LogP contribution in [0.15, 0.2) is 16.6 Å². The van der Waals surface area contributed by atoms with E-state index in [0.717, 1.165) is 0 Å². The number of hydrogen-bond acceptors (Lipinski definition) is 4. The second-order valence-corrected chi connectivity index (χ2v) is 4.45. The Labute approximate surface area is 109 Å². The van der Waals surface area contributed by atoms with Gasteiger partial charge in [-0.3, -0.25) is 0 Å². The van der Waals surface area contributed by atoms with E-state index >= 15 is 0 Å². The molecule has 5 heteroatoms. The SMILES string of the molecule is COc1cc(Br)c(C(O)C(C)C#N)cc1OC. The highest BCUT2D eigenvalue weighted by molar-refractivity contribution is 9.10. The predicted molar refractivity (Wildman–Crippen MR) is 67.0 cm³/mol. The zero-order valence-corrected chi connectivity index (χ0v) is 11.5. The van der Waals surface area contributed by atoms with Gasteiger partial charge in [0.15, 0.2) is 11.5 Å². The highest BCUT2D eigenvalue weighted by atomic mass is 79.9. The maximum atomic E-state index is 10.0. The Morgan fingerprint density at radius 3 is 2.29 bits per heavy atom. The van der Waals surface area contributed by atoms with E-state index in [0.29, 0.717) is 21.5 Å². The Balaban J connectivity index is 3.22. The number of methoxy groups -OCH3 is 2. The molecule has 0 amide bonds. The Hall–Kier alpha value is -1.25. The van der Waals surface area contributed by atoms with Gasteiger partial charge in [-0.2, -0.15) is 5.26 Å².